The number of rotatable bonds is 6. The Morgan fingerprint density at radius 3 is 2.82 bits per heavy atom. The van der Waals surface area contributed by atoms with E-state index in [1.807, 2.05) is 24.3 Å². The number of nitrogens with one attached hydrogen (secondary N) is 1. The molecular weight excluding hydrogens is 214 g/mol. The maximum Gasteiger partial charge on any atom is 0.119 e. The van der Waals surface area contributed by atoms with Crippen LogP contribution in [-0.4, -0.2) is 24.3 Å². The second kappa shape index (κ2) is 5.52. The molecule has 0 spiro atoms. The van der Waals surface area contributed by atoms with Gasteiger partial charge in [-0.2, -0.15) is 0 Å². The highest BCUT2D eigenvalue weighted by Gasteiger charge is 2.28. The standard InChI is InChI=1S/C14H21NO2/c1-3-13(15-11-7-8-11)14(16)10-5-4-6-12(9-10)17-2/h4-6,9,11,13-16H,3,7-8H2,1-2H3. The Balaban J connectivity index is 2.06. The van der Waals surface area contributed by atoms with Crippen molar-refractivity contribution in [3.8, 4) is 5.75 Å². The van der Waals surface area contributed by atoms with Crippen molar-refractivity contribution < 1.29 is 9.84 Å². The number of hydrogen-bond acceptors (Lipinski definition) is 3. The van der Waals surface area contributed by atoms with Gasteiger partial charge in [-0.3, -0.25) is 0 Å². The van der Waals surface area contributed by atoms with Crippen LogP contribution in [0.3, 0.4) is 0 Å². The largest absolute Gasteiger partial charge is 0.497 e. The van der Waals surface area contributed by atoms with Gasteiger partial charge in [-0.15, -0.1) is 0 Å². The summed E-state index contributed by atoms with van der Waals surface area (Å²) < 4.78 is 5.18. The van der Waals surface area contributed by atoms with Gasteiger partial charge in [-0.1, -0.05) is 19.1 Å². The van der Waals surface area contributed by atoms with Gasteiger partial charge in [0.1, 0.15) is 5.75 Å². The summed E-state index contributed by atoms with van der Waals surface area (Å²) >= 11 is 0. The van der Waals surface area contributed by atoms with Gasteiger partial charge >= 0.3 is 0 Å². The number of hydrogen-bond donors (Lipinski definition) is 2. The van der Waals surface area contributed by atoms with Crippen molar-refractivity contribution in [2.45, 2.75) is 44.4 Å². The Morgan fingerprint density at radius 2 is 2.24 bits per heavy atom. The van der Waals surface area contributed by atoms with Gasteiger partial charge in [0, 0.05) is 12.1 Å². The number of benzene rings is 1. The summed E-state index contributed by atoms with van der Waals surface area (Å²) in [6, 6.07) is 8.41. The lowest BCUT2D eigenvalue weighted by molar-refractivity contribution is 0.125. The summed E-state index contributed by atoms with van der Waals surface area (Å²) in [4.78, 5) is 0. The first-order valence-electron chi connectivity index (χ1n) is 6.32. The van der Waals surface area contributed by atoms with Gasteiger partial charge in [-0.05, 0) is 37.0 Å². The minimum atomic E-state index is -0.462. The van der Waals surface area contributed by atoms with Crippen LogP contribution >= 0.6 is 0 Å². The van der Waals surface area contributed by atoms with Crippen molar-refractivity contribution in [2.24, 2.45) is 0 Å². The summed E-state index contributed by atoms with van der Waals surface area (Å²) in [5, 5.41) is 13.8. The third-order valence-corrected chi connectivity index (χ3v) is 3.28. The van der Waals surface area contributed by atoms with Crippen molar-refractivity contribution >= 4 is 0 Å². The maximum atomic E-state index is 10.4. The fraction of sp³-hybridized carbons (Fsp3) is 0.571. The molecule has 1 aliphatic rings. The molecule has 1 aromatic carbocycles. The summed E-state index contributed by atoms with van der Waals surface area (Å²) in [6.45, 7) is 2.10. The predicted molar refractivity (Wildman–Crippen MR) is 68.2 cm³/mol. The van der Waals surface area contributed by atoms with Crippen LogP contribution in [0.15, 0.2) is 24.3 Å². The topological polar surface area (TPSA) is 41.5 Å². The quantitative estimate of drug-likeness (QED) is 0.794. The van der Waals surface area contributed by atoms with Gasteiger partial charge in [0.15, 0.2) is 0 Å². The number of aliphatic hydroxyl groups is 1. The maximum absolute atomic E-state index is 10.4. The normalized spacial score (nSPS) is 18.8. The molecule has 3 nitrogen and oxygen atoms in total. The highest BCUT2D eigenvalue weighted by atomic mass is 16.5. The Kier molecular flexibility index (Phi) is 4.02. The minimum Gasteiger partial charge on any atom is -0.497 e. The molecule has 1 aromatic rings. The molecule has 0 aliphatic heterocycles. The Hall–Kier alpha value is -1.06. The van der Waals surface area contributed by atoms with Crippen LogP contribution in [0.25, 0.3) is 0 Å². The van der Waals surface area contributed by atoms with Crippen LogP contribution < -0.4 is 10.1 Å². The molecule has 0 radical (unpaired) electrons. The molecule has 0 heterocycles. The zero-order valence-corrected chi connectivity index (χ0v) is 10.5. The van der Waals surface area contributed by atoms with E-state index in [1.165, 1.54) is 12.8 Å². The van der Waals surface area contributed by atoms with E-state index in [2.05, 4.69) is 12.2 Å². The molecule has 1 aliphatic carbocycles. The summed E-state index contributed by atoms with van der Waals surface area (Å²) in [7, 11) is 1.64. The van der Waals surface area contributed by atoms with Gasteiger partial charge < -0.3 is 15.2 Å². The summed E-state index contributed by atoms with van der Waals surface area (Å²) in [5.74, 6) is 0.794. The van der Waals surface area contributed by atoms with Crippen LogP contribution in [0, 0.1) is 0 Å². The first kappa shape index (κ1) is 12.4. The van der Waals surface area contributed by atoms with Crippen LogP contribution in [-0.2, 0) is 0 Å². The predicted octanol–water partition coefficient (Wildman–Crippen LogP) is 2.26. The molecular formula is C14H21NO2. The third-order valence-electron chi connectivity index (χ3n) is 3.28. The molecule has 2 unspecified atom stereocenters. The molecule has 0 aromatic heterocycles. The molecule has 3 heteroatoms. The van der Waals surface area contributed by atoms with E-state index in [4.69, 9.17) is 4.74 Å². The van der Waals surface area contributed by atoms with Gasteiger partial charge in [0.25, 0.3) is 0 Å². The zero-order chi connectivity index (χ0) is 12.3. The molecule has 94 valence electrons. The molecule has 2 rings (SSSR count). The number of methoxy groups -OCH3 is 1. The molecule has 1 saturated carbocycles. The van der Waals surface area contributed by atoms with Crippen molar-refractivity contribution in [1.29, 1.82) is 0 Å². The molecule has 2 N–H and O–H groups in total. The smallest absolute Gasteiger partial charge is 0.119 e. The first-order valence-corrected chi connectivity index (χ1v) is 6.32. The zero-order valence-electron chi connectivity index (χ0n) is 10.5. The lowest BCUT2D eigenvalue weighted by atomic mass is 10.00. The van der Waals surface area contributed by atoms with Crippen LogP contribution in [0.1, 0.15) is 37.9 Å². The van der Waals surface area contributed by atoms with Crippen molar-refractivity contribution in [2.75, 3.05) is 7.11 Å². The minimum absolute atomic E-state index is 0.134. The Morgan fingerprint density at radius 1 is 1.47 bits per heavy atom. The molecule has 2 atom stereocenters. The second-order valence-corrected chi connectivity index (χ2v) is 4.68. The highest BCUT2D eigenvalue weighted by molar-refractivity contribution is 5.30. The molecule has 0 amide bonds. The van der Waals surface area contributed by atoms with Crippen LogP contribution in [0.4, 0.5) is 0 Å². The Bertz CT molecular complexity index is 363. The van der Waals surface area contributed by atoms with Gasteiger partial charge in [0.2, 0.25) is 0 Å². The van der Waals surface area contributed by atoms with E-state index < -0.39 is 6.10 Å². The third kappa shape index (κ3) is 3.20. The van der Waals surface area contributed by atoms with E-state index in [9.17, 15) is 5.11 Å². The lowest BCUT2D eigenvalue weighted by Gasteiger charge is -2.23. The second-order valence-electron chi connectivity index (χ2n) is 4.68. The van der Waals surface area contributed by atoms with E-state index >= 15 is 0 Å². The molecule has 17 heavy (non-hydrogen) atoms. The van der Waals surface area contributed by atoms with Gasteiger partial charge in [0.05, 0.1) is 13.2 Å². The van der Waals surface area contributed by atoms with Crippen molar-refractivity contribution in [1.82, 2.24) is 5.32 Å². The van der Waals surface area contributed by atoms with Crippen LogP contribution in [0.2, 0.25) is 0 Å². The average Bonchev–Trinajstić information content (AvgIpc) is 3.19. The van der Waals surface area contributed by atoms with E-state index in [0.29, 0.717) is 6.04 Å². The SMILES string of the molecule is CCC(NC1CC1)C(O)c1cccc(OC)c1. The highest BCUT2D eigenvalue weighted by Crippen LogP contribution is 2.26. The number of aliphatic hydroxyl groups excluding tert-OH is 1. The summed E-state index contributed by atoms with van der Waals surface area (Å²) in [5.41, 5.74) is 0.921. The lowest BCUT2D eigenvalue weighted by Crippen LogP contribution is -2.35. The fourth-order valence-corrected chi connectivity index (χ4v) is 2.04. The van der Waals surface area contributed by atoms with Crippen LogP contribution in [0.5, 0.6) is 5.75 Å². The van der Waals surface area contributed by atoms with E-state index in [0.717, 1.165) is 17.7 Å². The first-order chi connectivity index (χ1) is 8.24. The molecule has 1 fully saturated rings. The van der Waals surface area contributed by atoms with E-state index in [-0.39, 0.29) is 6.04 Å². The van der Waals surface area contributed by atoms with E-state index in [1.54, 1.807) is 7.11 Å². The monoisotopic (exact) mass is 235 g/mol. The Labute approximate surface area is 103 Å². The fourth-order valence-electron chi connectivity index (χ4n) is 2.04. The molecule has 0 bridgehead atoms. The van der Waals surface area contributed by atoms with Crippen molar-refractivity contribution in [3.63, 3.8) is 0 Å². The molecule has 0 saturated heterocycles. The van der Waals surface area contributed by atoms with Crippen molar-refractivity contribution in [3.05, 3.63) is 29.8 Å². The average molecular weight is 235 g/mol. The van der Waals surface area contributed by atoms with Gasteiger partial charge in [-0.25, -0.2) is 0 Å². The number of ether oxygens (including phenoxy) is 1. The summed E-state index contributed by atoms with van der Waals surface area (Å²) in [6.07, 6.45) is 2.94.